The first-order valence-corrected chi connectivity index (χ1v) is 6.37. The predicted octanol–water partition coefficient (Wildman–Crippen LogP) is 3.27. The molecule has 2 rings (SSSR count). The van der Waals surface area contributed by atoms with Crippen LogP contribution in [0.2, 0.25) is 0 Å². The van der Waals surface area contributed by atoms with E-state index in [1.807, 2.05) is 37.6 Å². The number of rotatable bonds is 2. The normalized spacial score (nSPS) is 12.8. The third-order valence-corrected chi connectivity index (χ3v) is 3.21. The SMILES string of the molecule is Cc1cc(C)n(-c2ccc(Br)cc2C(C)N)n1. The second-order valence-corrected chi connectivity index (χ2v) is 5.25. The van der Waals surface area contributed by atoms with Crippen molar-refractivity contribution in [1.29, 1.82) is 0 Å². The standard InChI is InChI=1S/C13H16BrN3/c1-8-6-9(2)17(16-8)13-5-4-11(14)7-12(13)10(3)15/h4-7,10H,15H2,1-3H3. The fourth-order valence-electron chi connectivity index (χ4n) is 1.96. The molecule has 0 spiro atoms. The molecule has 0 amide bonds. The number of nitrogens with two attached hydrogens (primary N) is 1. The molecular weight excluding hydrogens is 278 g/mol. The highest BCUT2D eigenvalue weighted by Gasteiger charge is 2.12. The summed E-state index contributed by atoms with van der Waals surface area (Å²) in [6, 6.07) is 8.15. The molecule has 3 nitrogen and oxygen atoms in total. The van der Waals surface area contributed by atoms with Crippen LogP contribution in [0.5, 0.6) is 0 Å². The van der Waals surface area contributed by atoms with Gasteiger partial charge in [-0.1, -0.05) is 15.9 Å². The molecule has 0 aliphatic heterocycles. The first-order chi connectivity index (χ1) is 7.99. The average Bonchev–Trinajstić information content (AvgIpc) is 2.57. The fourth-order valence-corrected chi connectivity index (χ4v) is 2.33. The van der Waals surface area contributed by atoms with Gasteiger partial charge in [-0.3, -0.25) is 0 Å². The second-order valence-electron chi connectivity index (χ2n) is 4.33. The highest BCUT2D eigenvalue weighted by molar-refractivity contribution is 9.10. The maximum atomic E-state index is 6.02. The Morgan fingerprint density at radius 3 is 2.53 bits per heavy atom. The Morgan fingerprint density at radius 1 is 1.29 bits per heavy atom. The molecule has 90 valence electrons. The lowest BCUT2D eigenvalue weighted by Gasteiger charge is -2.14. The molecule has 0 fully saturated rings. The summed E-state index contributed by atoms with van der Waals surface area (Å²) in [6.07, 6.45) is 0. The third-order valence-electron chi connectivity index (χ3n) is 2.72. The zero-order valence-corrected chi connectivity index (χ0v) is 11.8. The minimum absolute atomic E-state index is 0.0218. The molecule has 1 aromatic heterocycles. The van der Waals surface area contributed by atoms with E-state index in [0.717, 1.165) is 27.1 Å². The molecule has 0 aliphatic carbocycles. The van der Waals surface area contributed by atoms with Crippen molar-refractivity contribution in [1.82, 2.24) is 9.78 Å². The summed E-state index contributed by atoms with van der Waals surface area (Å²) in [7, 11) is 0. The smallest absolute Gasteiger partial charge is 0.0697 e. The van der Waals surface area contributed by atoms with E-state index in [0.29, 0.717) is 0 Å². The van der Waals surface area contributed by atoms with Crippen LogP contribution < -0.4 is 5.73 Å². The molecule has 0 bridgehead atoms. The van der Waals surface area contributed by atoms with Crippen LogP contribution in [-0.2, 0) is 0 Å². The molecule has 2 aromatic rings. The van der Waals surface area contributed by atoms with Crippen LogP contribution in [0.3, 0.4) is 0 Å². The molecule has 4 heteroatoms. The maximum Gasteiger partial charge on any atom is 0.0697 e. The van der Waals surface area contributed by atoms with Crippen molar-refractivity contribution < 1.29 is 0 Å². The number of nitrogens with zero attached hydrogens (tertiary/aromatic N) is 2. The van der Waals surface area contributed by atoms with Crippen LogP contribution in [0.15, 0.2) is 28.7 Å². The van der Waals surface area contributed by atoms with Gasteiger partial charge in [0, 0.05) is 16.2 Å². The first-order valence-electron chi connectivity index (χ1n) is 5.57. The molecule has 0 radical (unpaired) electrons. The van der Waals surface area contributed by atoms with Crippen molar-refractivity contribution in [3.63, 3.8) is 0 Å². The van der Waals surface area contributed by atoms with Gasteiger partial charge < -0.3 is 5.73 Å². The molecule has 2 N–H and O–H groups in total. The highest BCUT2D eigenvalue weighted by atomic mass is 79.9. The molecule has 0 saturated carbocycles. The van der Waals surface area contributed by atoms with Crippen molar-refractivity contribution >= 4 is 15.9 Å². The van der Waals surface area contributed by atoms with Crippen molar-refractivity contribution in [2.24, 2.45) is 5.73 Å². The van der Waals surface area contributed by atoms with Crippen LogP contribution in [0.4, 0.5) is 0 Å². The lowest BCUT2D eigenvalue weighted by molar-refractivity contribution is 0.766. The molecular formula is C13H16BrN3. The minimum atomic E-state index is -0.0218. The van der Waals surface area contributed by atoms with Crippen LogP contribution in [0, 0.1) is 13.8 Å². The average molecular weight is 294 g/mol. The first kappa shape index (κ1) is 12.3. The van der Waals surface area contributed by atoms with Gasteiger partial charge in [-0.2, -0.15) is 5.10 Å². The molecule has 1 unspecified atom stereocenters. The zero-order valence-electron chi connectivity index (χ0n) is 10.2. The molecule has 1 aromatic carbocycles. The van der Waals surface area contributed by atoms with Crippen LogP contribution in [0.25, 0.3) is 5.69 Å². The summed E-state index contributed by atoms with van der Waals surface area (Å²) in [5.41, 5.74) is 10.3. The topological polar surface area (TPSA) is 43.8 Å². The molecule has 0 aliphatic rings. The van der Waals surface area contributed by atoms with Gasteiger partial charge in [-0.15, -0.1) is 0 Å². The number of hydrogen-bond acceptors (Lipinski definition) is 2. The number of hydrogen-bond donors (Lipinski definition) is 1. The van der Waals surface area contributed by atoms with Gasteiger partial charge in [0.05, 0.1) is 11.4 Å². The Balaban J connectivity index is 2.62. The molecule has 1 atom stereocenters. The van der Waals surface area contributed by atoms with Gasteiger partial charge in [0.2, 0.25) is 0 Å². The van der Waals surface area contributed by atoms with Gasteiger partial charge in [0.15, 0.2) is 0 Å². The fraction of sp³-hybridized carbons (Fsp3) is 0.308. The van der Waals surface area contributed by atoms with E-state index in [1.165, 1.54) is 0 Å². The van der Waals surface area contributed by atoms with Gasteiger partial charge in [-0.25, -0.2) is 4.68 Å². The summed E-state index contributed by atoms with van der Waals surface area (Å²) in [6.45, 7) is 6.03. The van der Waals surface area contributed by atoms with Crippen LogP contribution >= 0.6 is 15.9 Å². The summed E-state index contributed by atoms with van der Waals surface area (Å²) >= 11 is 3.48. The number of halogens is 1. The lowest BCUT2D eigenvalue weighted by atomic mass is 10.1. The Morgan fingerprint density at radius 2 is 2.00 bits per heavy atom. The van der Waals surface area contributed by atoms with Crippen LogP contribution in [-0.4, -0.2) is 9.78 Å². The Bertz CT molecular complexity index is 544. The second kappa shape index (κ2) is 4.63. The summed E-state index contributed by atoms with van der Waals surface area (Å²) < 4.78 is 2.98. The third kappa shape index (κ3) is 2.42. The maximum absolute atomic E-state index is 6.02. The van der Waals surface area contributed by atoms with Crippen molar-refractivity contribution in [2.75, 3.05) is 0 Å². The minimum Gasteiger partial charge on any atom is -0.324 e. The van der Waals surface area contributed by atoms with E-state index in [2.05, 4.69) is 33.2 Å². The quantitative estimate of drug-likeness (QED) is 0.923. The van der Waals surface area contributed by atoms with E-state index in [9.17, 15) is 0 Å². The van der Waals surface area contributed by atoms with Crippen molar-refractivity contribution in [2.45, 2.75) is 26.8 Å². The zero-order chi connectivity index (χ0) is 12.6. The number of aromatic nitrogens is 2. The molecule has 0 saturated heterocycles. The molecule has 1 heterocycles. The van der Waals surface area contributed by atoms with Crippen molar-refractivity contribution in [3.05, 3.63) is 45.7 Å². The highest BCUT2D eigenvalue weighted by Crippen LogP contribution is 2.25. The summed E-state index contributed by atoms with van der Waals surface area (Å²) in [5, 5.41) is 4.50. The monoisotopic (exact) mass is 293 g/mol. The van der Waals surface area contributed by atoms with Crippen LogP contribution in [0.1, 0.15) is 29.9 Å². The van der Waals surface area contributed by atoms with Gasteiger partial charge >= 0.3 is 0 Å². The van der Waals surface area contributed by atoms with Gasteiger partial charge in [0.1, 0.15) is 0 Å². The summed E-state index contributed by atoms with van der Waals surface area (Å²) in [5.74, 6) is 0. The Labute approximate surface area is 110 Å². The Hall–Kier alpha value is -1.13. The van der Waals surface area contributed by atoms with E-state index < -0.39 is 0 Å². The number of aryl methyl sites for hydroxylation is 2. The van der Waals surface area contributed by atoms with E-state index in [-0.39, 0.29) is 6.04 Å². The van der Waals surface area contributed by atoms with Crippen molar-refractivity contribution in [3.8, 4) is 5.69 Å². The largest absolute Gasteiger partial charge is 0.324 e. The molecule has 17 heavy (non-hydrogen) atoms. The van der Waals surface area contributed by atoms with E-state index in [4.69, 9.17) is 5.73 Å². The Kier molecular flexibility index (Phi) is 3.35. The predicted molar refractivity (Wildman–Crippen MR) is 73.3 cm³/mol. The van der Waals surface area contributed by atoms with E-state index in [1.54, 1.807) is 0 Å². The van der Waals surface area contributed by atoms with Gasteiger partial charge in [0.25, 0.3) is 0 Å². The summed E-state index contributed by atoms with van der Waals surface area (Å²) in [4.78, 5) is 0. The van der Waals surface area contributed by atoms with E-state index >= 15 is 0 Å². The number of benzene rings is 1. The lowest BCUT2D eigenvalue weighted by Crippen LogP contribution is -2.11. The van der Waals surface area contributed by atoms with Gasteiger partial charge in [-0.05, 0) is 50.6 Å².